The van der Waals surface area contributed by atoms with Crippen LogP contribution in [0.15, 0.2) is 30.6 Å². The van der Waals surface area contributed by atoms with E-state index in [1.165, 1.54) is 31.2 Å². The van der Waals surface area contributed by atoms with Crippen molar-refractivity contribution in [1.82, 2.24) is 24.4 Å². The van der Waals surface area contributed by atoms with Crippen molar-refractivity contribution in [3.8, 4) is 0 Å². The fraction of sp³-hybridized carbons (Fsp3) is 0.577. The predicted molar refractivity (Wildman–Crippen MR) is 140 cm³/mol. The first kappa shape index (κ1) is 24.0. The fourth-order valence-electron chi connectivity index (χ4n) is 5.03. The van der Waals surface area contributed by atoms with Crippen molar-refractivity contribution < 1.29 is 4.74 Å². The van der Waals surface area contributed by atoms with Crippen LogP contribution in [0, 0.1) is 0 Å². The molecule has 2 aromatic heterocycles. The van der Waals surface area contributed by atoms with Crippen molar-refractivity contribution in [3.05, 3.63) is 36.2 Å². The molecule has 1 aliphatic carbocycles. The smallest absolute Gasteiger partial charge is 0.226 e. The van der Waals surface area contributed by atoms with E-state index in [1.807, 2.05) is 6.33 Å². The number of nitrogens with zero attached hydrogens (tertiary/aromatic N) is 5. The minimum Gasteiger partial charge on any atom is -0.379 e. The highest BCUT2D eigenvalue weighted by molar-refractivity contribution is 5.86. The number of unbranched alkanes of at least 4 members (excludes halogenated alkanes) is 2. The number of nitrogens with two attached hydrogens (primary N) is 1. The molecule has 2 aliphatic rings. The lowest BCUT2D eigenvalue weighted by molar-refractivity contribution is 0.0342. The van der Waals surface area contributed by atoms with E-state index in [0.29, 0.717) is 12.0 Å². The van der Waals surface area contributed by atoms with Crippen molar-refractivity contribution in [2.75, 3.05) is 50.0 Å². The molecule has 0 unspecified atom stereocenters. The summed E-state index contributed by atoms with van der Waals surface area (Å²) < 4.78 is 7.71. The van der Waals surface area contributed by atoms with E-state index in [2.05, 4.69) is 44.4 Å². The van der Waals surface area contributed by atoms with Crippen LogP contribution in [0.25, 0.3) is 11.2 Å². The van der Waals surface area contributed by atoms with Gasteiger partial charge in [-0.2, -0.15) is 9.97 Å². The predicted octanol–water partition coefficient (Wildman–Crippen LogP) is 4.06. The first-order chi connectivity index (χ1) is 17.3. The van der Waals surface area contributed by atoms with Crippen LogP contribution < -0.4 is 16.4 Å². The van der Waals surface area contributed by atoms with Gasteiger partial charge in [0.2, 0.25) is 5.95 Å². The molecule has 5 rings (SSSR count). The van der Waals surface area contributed by atoms with E-state index in [1.54, 1.807) is 0 Å². The first-order valence-electron chi connectivity index (χ1n) is 13.1. The molecule has 0 atom stereocenters. The van der Waals surface area contributed by atoms with Crippen molar-refractivity contribution >= 4 is 28.6 Å². The fourth-order valence-corrected chi connectivity index (χ4v) is 5.03. The lowest BCUT2D eigenvalue weighted by atomic mass is 10.2. The van der Waals surface area contributed by atoms with Crippen LogP contribution in [0.5, 0.6) is 0 Å². The number of benzene rings is 1. The largest absolute Gasteiger partial charge is 0.379 e. The van der Waals surface area contributed by atoms with Gasteiger partial charge in [0.1, 0.15) is 0 Å². The maximum Gasteiger partial charge on any atom is 0.226 e. The topological polar surface area (TPSA) is 106 Å². The number of imidazole rings is 1. The molecule has 0 amide bonds. The van der Waals surface area contributed by atoms with Gasteiger partial charge in [-0.3, -0.25) is 4.90 Å². The minimum atomic E-state index is 0.472. The summed E-state index contributed by atoms with van der Waals surface area (Å²) in [5, 5.41) is 6.94. The highest BCUT2D eigenvalue weighted by Gasteiger charge is 2.22. The van der Waals surface area contributed by atoms with Crippen LogP contribution in [-0.2, 0) is 11.3 Å². The number of aromatic nitrogens is 4. The molecule has 35 heavy (non-hydrogen) atoms. The molecular formula is C26H38N8O. The third kappa shape index (κ3) is 6.09. The third-order valence-electron chi connectivity index (χ3n) is 7.03. The Balaban J connectivity index is 1.34. The number of anilines is 3. The van der Waals surface area contributed by atoms with Crippen LogP contribution in [0.3, 0.4) is 0 Å². The Kier molecular flexibility index (Phi) is 8.07. The Hall–Kier alpha value is -2.75. The summed E-state index contributed by atoms with van der Waals surface area (Å²) in [4.78, 5) is 16.9. The van der Waals surface area contributed by atoms with Gasteiger partial charge in [-0.25, -0.2) is 4.98 Å². The Morgan fingerprint density at radius 2 is 1.80 bits per heavy atom. The SMILES string of the molecule is NCCCCCNc1nc(Nc2ccc(CN3CCOCC3)cc2)c2ncn(C3CCCC3)c2n1. The van der Waals surface area contributed by atoms with Crippen LogP contribution in [0.4, 0.5) is 17.5 Å². The maximum absolute atomic E-state index is 5.63. The first-order valence-corrected chi connectivity index (χ1v) is 13.1. The molecule has 1 aliphatic heterocycles. The summed E-state index contributed by atoms with van der Waals surface area (Å²) in [6, 6.07) is 9.09. The average molecular weight is 479 g/mol. The van der Waals surface area contributed by atoms with Gasteiger partial charge in [0.15, 0.2) is 17.0 Å². The normalized spacial score (nSPS) is 17.3. The van der Waals surface area contributed by atoms with Crippen molar-refractivity contribution in [2.45, 2.75) is 57.5 Å². The second-order valence-corrected chi connectivity index (χ2v) is 9.64. The zero-order valence-electron chi connectivity index (χ0n) is 20.6. The third-order valence-corrected chi connectivity index (χ3v) is 7.03. The molecule has 9 nitrogen and oxygen atoms in total. The molecule has 0 radical (unpaired) electrons. The molecule has 9 heteroatoms. The van der Waals surface area contributed by atoms with Gasteiger partial charge >= 0.3 is 0 Å². The highest BCUT2D eigenvalue weighted by Crippen LogP contribution is 2.33. The van der Waals surface area contributed by atoms with Gasteiger partial charge in [0.05, 0.1) is 19.5 Å². The Labute approximate surface area is 207 Å². The molecule has 1 saturated carbocycles. The molecule has 4 N–H and O–H groups in total. The Morgan fingerprint density at radius 1 is 1.00 bits per heavy atom. The van der Waals surface area contributed by atoms with Gasteiger partial charge in [-0.15, -0.1) is 0 Å². The molecular weight excluding hydrogens is 440 g/mol. The number of fused-ring (bicyclic) bond motifs is 1. The van der Waals surface area contributed by atoms with Gasteiger partial charge in [-0.05, 0) is 49.9 Å². The van der Waals surface area contributed by atoms with E-state index >= 15 is 0 Å². The summed E-state index contributed by atoms with van der Waals surface area (Å²) in [5.74, 6) is 1.40. The molecule has 0 bridgehead atoms. The van der Waals surface area contributed by atoms with Crippen LogP contribution in [0.2, 0.25) is 0 Å². The number of hydrogen-bond donors (Lipinski definition) is 3. The lowest BCUT2D eigenvalue weighted by Gasteiger charge is -2.26. The van der Waals surface area contributed by atoms with Gasteiger partial charge < -0.3 is 25.7 Å². The molecule has 0 spiro atoms. The van der Waals surface area contributed by atoms with E-state index in [9.17, 15) is 0 Å². The van der Waals surface area contributed by atoms with Crippen LogP contribution >= 0.6 is 0 Å². The number of hydrogen-bond acceptors (Lipinski definition) is 8. The summed E-state index contributed by atoms with van der Waals surface area (Å²) in [6.07, 6.45) is 10.0. The van der Waals surface area contributed by atoms with Crippen molar-refractivity contribution in [1.29, 1.82) is 0 Å². The van der Waals surface area contributed by atoms with E-state index in [-0.39, 0.29) is 0 Å². The quantitative estimate of drug-likeness (QED) is 0.354. The van der Waals surface area contributed by atoms with Gasteiger partial charge in [-0.1, -0.05) is 31.4 Å². The number of ether oxygens (including phenoxy) is 1. The summed E-state index contributed by atoms with van der Waals surface area (Å²) in [7, 11) is 0. The molecule has 188 valence electrons. The van der Waals surface area contributed by atoms with Crippen molar-refractivity contribution in [3.63, 3.8) is 0 Å². The van der Waals surface area contributed by atoms with E-state index < -0.39 is 0 Å². The Morgan fingerprint density at radius 3 is 2.57 bits per heavy atom. The maximum atomic E-state index is 5.63. The van der Waals surface area contributed by atoms with Gasteiger partial charge in [0, 0.05) is 37.9 Å². The number of nitrogens with one attached hydrogen (secondary N) is 2. The molecule has 1 saturated heterocycles. The average Bonchev–Trinajstić information content (AvgIpc) is 3.56. The second-order valence-electron chi connectivity index (χ2n) is 9.64. The molecule has 3 heterocycles. The zero-order chi connectivity index (χ0) is 23.9. The standard InChI is InChI=1S/C26H38N8O/c27-12-4-1-5-13-28-26-31-24(23-25(32-26)34(19-29-23)22-6-2-3-7-22)30-21-10-8-20(9-11-21)18-33-14-16-35-17-15-33/h8-11,19,22H,1-7,12-18,27H2,(H2,28,30,31,32). The highest BCUT2D eigenvalue weighted by atomic mass is 16.5. The summed E-state index contributed by atoms with van der Waals surface area (Å²) in [5.41, 5.74) is 9.66. The van der Waals surface area contributed by atoms with Crippen molar-refractivity contribution in [2.24, 2.45) is 5.73 Å². The molecule has 2 fully saturated rings. The summed E-state index contributed by atoms with van der Waals surface area (Å²) >= 11 is 0. The number of morpholine rings is 1. The van der Waals surface area contributed by atoms with Crippen LogP contribution in [0.1, 0.15) is 56.6 Å². The number of rotatable bonds is 11. The lowest BCUT2D eigenvalue weighted by Crippen LogP contribution is -2.35. The van der Waals surface area contributed by atoms with E-state index in [4.69, 9.17) is 25.4 Å². The monoisotopic (exact) mass is 478 g/mol. The molecule has 3 aromatic rings. The van der Waals surface area contributed by atoms with Crippen LogP contribution in [-0.4, -0.2) is 63.8 Å². The minimum absolute atomic E-state index is 0.472. The summed E-state index contributed by atoms with van der Waals surface area (Å²) in [6.45, 7) is 6.14. The second kappa shape index (κ2) is 11.8. The van der Waals surface area contributed by atoms with E-state index in [0.717, 1.165) is 87.9 Å². The Bertz CT molecular complexity index is 1070. The zero-order valence-corrected chi connectivity index (χ0v) is 20.6. The van der Waals surface area contributed by atoms with Gasteiger partial charge in [0.25, 0.3) is 0 Å². The molecule has 1 aromatic carbocycles.